The smallest absolute Gasteiger partial charge is 0.00147 e. The van der Waals surface area contributed by atoms with E-state index in [0.29, 0.717) is 6.54 Å². The molecular formula is C17H24N2. The monoisotopic (exact) mass is 256 g/mol. The zero-order chi connectivity index (χ0) is 13.7. The number of rotatable bonds is 6. The van der Waals surface area contributed by atoms with Crippen molar-refractivity contribution in [1.29, 1.82) is 0 Å². The molecule has 2 aromatic rings. The van der Waals surface area contributed by atoms with Crippen molar-refractivity contribution in [3.63, 3.8) is 0 Å². The number of benzene rings is 2. The molecule has 0 saturated heterocycles. The fourth-order valence-corrected chi connectivity index (χ4v) is 2.23. The molecule has 2 rings (SSSR count). The third-order valence-electron chi connectivity index (χ3n) is 3.61. The van der Waals surface area contributed by atoms with Crippen molar-refractivity contribution < 1.29 is 0 Å². The van der Waals surface area contributed by atoms with Gasteiger partial charge in [0.15, 0.2) is 0 Å². The number of hydrogen-bond donors (Lipinski definition) is 2. The lowest BCUT2D eigenvalue weighted by Gasteiger charge is -2.22. The molecule has 0 aromatic heterocycles. The first kappa shape index (κ1) is 14.0. The van der Waals surface area contributed by atoms with E-state index in [1.807, 2.05) is 0 Å². The van der Waals surface area contributed by atoms with E-state index in [2.05, 4.69) is 61.6 Å². The first-order valence-electron chi connectivity index (χ1n) is 7.00. The minimum atomic E-state index is 0.179. The fourth-order valence-electron chi connectivity index (χ4n) is 2.23. The Hall–Kier alpha value is -1.38. The van der Waals surface area contributed by atoms with Crippen LogP contribution in [0.15, 0.2) is 42.5 Å². The van der Waals surface area contributed by atoms with E-state index in [1.165, 1.54) is 16.3 Å². The molecular weight excluding hydrogens is 232 g/mol. The van der Waals surface area contributed by atoms with E-state index in [0.717, 1.165) is 19.5 Å². The van der Waals surface area contributed by atoms with Crippen molar-refractivity contribution >= 4 is 10.8 Å². The summed E-state index contributed by atoms with van der Waals surface area (Å²) in [6.45, 7) is 7.07. The van der Waals surface area contributed by atoms with Crippen LogP contribution in [0.5, 0.6) is 0 Å². The molecule has 3 N–H and O–H groups in total. The van der Waals surface area contributed by atoms with E-state index < -0.39 is 0 Å². The van der Waals surface area contributed by atoms with Crippen LogP contribution in [0.25, 0.3) is 10.8 Å². The topological polar surface area (TPSA) is 38.0 Å². The van der Waals surface area contributed by atoms with Gasteiger partial charge in [0.25, 0.3) is 0 Å². The first-order chi connectivity index (χ1) is 9.12. The maximum absolute atomic E-state index is 5.73. The first-order valence-corrected chi connectivity index (χ1v) is 7.00. The second-order valence-electron chi connectivity index (χ2n) is 5.93. The average molecular weight is 256 g/mol. The normalized spacial score (nSPS) is 11.9. The molecule has 0 aliphatic heterocycles. The standard InChI is InChI=1S/C17H24N2/c1-17(2,12-18)13-19-11-10-15-8-5-7-14-6-3-4-9-16(14)15/h3-9,19H,10-13,18H2,1-2H3. The van der Waals surface area contributed by atoms with E-state index in [4.69, 9.17) is 5.73 Å². The predicted octanol–water partition coefficient (Wildman–Crippen LogP) is 2.96. The average Bonchev–Trinajstić information content (AvgIpc) is 2.44. The van der Waals surface area contributed by atoms with Gasteiger partial charge in [0.2, 0.25) is 0 Å². The van der Waals surface area contributed by atoms with Crippen LogP contribution < -0.4 is 11.1 Å². The lowest BCUT2D eigenvalue weighted by molar-refractivity contribution is 0.353. The van der Waals surface area contributed by atoms with Crippen LogP contribution in [0.4, 0.5) is 0 Å². The van der Waals surface area contributed by atoms with Crippen molar-refractivity contribution in [3.8, 4) is 0 Å². The second kappa shape index (κ2) is 6.18. The number of nitrogens with two attached hydrogens (primary N) is 1. The highest BCUT2D eigenvalue weighted by Gasteiger charge is 2.14. The summed E-state index contributed by atoms with van der Waals surface area (Å²) in [5.41, 5.74) is 7.33. The molecule has 0 radical (unpaired) electrons. The van der Waals surface area contributed by atoms with Gasteiger partial charge in [0.1, 0.15) is 0 Å². The molecule has 0 aliphatic rings. The molecule has 0 heterocycles. The summed E-state index contributed by atoms with van der Waals surface area (Å²) in [5, 5.41) is 6.20. The van der Waals surface area contributed by atoms with Gasteiger partial charge in [0.05, 0.1) is 0 Å². The van der Waals surface area contributed by atoms with Crippen molar-refractivity contribution in [2.24, 2.45) is 11.1 Å². The lowest BCUT2D eigenvalue weighted by Crippen LogP contribution is -2.36. The predicted molar refractivity (Wildman–Crippen MR) is 83.4 cm³/mol. The molecule has 2 aromatic carbocycles. The van der Waals surface area contributed by atoms with E-state index in [1.54, 1.807) is 0 Å². The summed E-state index contributed by atoms with van der Waals surface area (Å²) < 4.78 is 0. The Morgan fingerprint density at radius 1 is 1.05 bits per heavy atom. The molecule has 0 unspecified atom stereocenters. The maximum Gasteiger partial charge on any atom is 0.00147 e. The van der Waals surface area contributed by atoms with Gasteiger partial charge in [-0.2, -0.15) is 0 Å². The Morgan fingerprint density at radius 2 is 1.79 bits per heavy atom. The van der Waals surface area contributed by atoms with Gasteiger partial charge in [-0.1, -0.05) is 56.3 Å². The molecule has 102 valence electrons. The van der Waals surface area contributed by atoms with Gasteiger partial charge >= 0.3 is 0 Å². The van der Waals surface area contributed by atoms with Crippen LogP contribution in [-0.2, 0) is 6.42 Å². The van der Waals surface area contributed by atoms with Crippen LogP contribution in [0.1, 0.15) is 19.4 Å². The number of hydrogen-bond acceptors (Lipinski definition) is 2. The summed E-state index contributed by atoms with van der Waals surface area (Å²) in [4.78, 5) is 0. The zero-order valence-corrected chi connectivity index (χ0v) is 11.9. The third-order valence-corrected chi connectivity index (χ3v) is 3.61. The molecule has 2 nitrogen and oxygen atoms in total. The summed E-state index contributed by atoms with van der Waals surface area (Å²) in [6, 6.07) is 15.1. The van der Waals surface area contributed by atoms with Gasteiger partial charge in [-0.05, 0) is 41.3 Å². The van der Waals surface area contributed by atoms with Crippen molar-refractivity contribution in [1.82, 2.24) is 5.32 Å². The van der Waals surface area contributed by atoms with Crippen LogP contribution in [0, 0.1) is 5.41 Å². The van der Waals surface area contributed by atoms with Crippen LogP contribution in [0.2, 0.25) is 0 Å². The second-order valence-corrected chi connectivity index (χ2v) is 5.93. The van der Waals surface area contributed by atoms with Gasteiger partial charge in [0, 0.05) is 6.54 Å². The van der Waals surface area contributed by atoms with Crippen molar-refractivity contribution in [3.05, 3.63) is 48.0 Å². The molecule has 0 aliphatic carbocycles. The molecule has 19 heavy (non-hydrogen) atoms. The molecule has 2 heteroatoms. The highest BCUT2D eigenvalue weighted by molar-refractivity contribution is 5.85. The Labute approximate surface area is 116 Å². The van der Waals surface area contributed by atoms with Gasteiger partial charge in [-0.25, -0.2) is 0 Å². The van der Waals surface area contributed by atoms with E-state index in [9.17, 15) is 0 Å². The molecule has 0 bridgehead atoms. The highest BCUT2D eigenvalue weighted by Crippen LogP contribution is 2.18. The van der Waals surface area contributed by atoms with Crippen LogP contribution >= 0.6 is 0 Å². The molecule has 0 atom stereocenters. The quantitative estimate of drug-likeness (QED) is 0.780. The van der Waals surface area contributed by atoms with Crippen molar-refractivity contribution in [2.45, 2.75) is 20.3 Å². The van der Waals surface area contributed by atoms with E-state index in [-0.39, 0.29) is 5.41 Å². The largest absolute Gasteiger partial charge is 0.330 e. The summed E-state index contributed by atoms with van der Waals surface area (Å²) in [5.74, 6) is 0. The molecule has 0 fully saturated rings. The Kier molecular flexibility index (Phi) is 4.56. The Bertz CT molecular complexity index is 526. The molecule has 0 amide bonds. The molecule has 0 saturated carbocycles. The van der Waals surface area contributed by atoms with Gasteiger partial charge in [-0.3, -0.25) is 0 Å². The lowest BCUT2D eigenvalue weighted by atomic mass is 9.94. The summed E-state index contributed by atoms with van der Waals surface area (Å²) in [6.07, 6.45) is 1.06. The minimum absolute atomic E-state index is 0.179. The summed E-state index contributed by atoms with van der Waals surface area (Å²) >= 11 is 0. The Morgan fingerprint density at radius 3 is 2.58 bits per heavy atom. The Balaban J connectivity index is 1.95. The summed E-state index contributed by atoms with van der Waals surface area (Å²) in [7, 11) is 0. The third kappa shape index (κ3) is 3.79. The minimum Gasteiger partial charge on any atom is -0.330 e. The SMILES string of the molecule is CC(C)(CN)CNCCc1cccc2ccccc12. The maximum atomic E-state index is 5.73. The number of nitrogens with one attached hydrogen (secondary N) is 1. The van der Waals surface area contributed by atoms with Gasteiger partial charge in [-0.15, -0.1) is 0 Å². The van der Waals surface area contributed by atoms with Gasteiger partial charge < -0.3 is 11.1 Å². The fraction of sp³-hybridized carbons (Fsp3) is 0.412. The van der Waals surface area contributed by atoms with Crippen LogP contribution in [-0.4, -0.2) is 19.6 Å². The van der Waals surface area contributed by atoms with Crippen molar-refractivity contribution in [2.75, 3.05) is 19.6 Å². The van der Waals surface area contributed by atoms with E-state index >= 15 is 0 Å². The van der Waals surface area contributed by atoms with Crippen LogP contribution in [0.3, 0.4) is 0 Å². The zero-order valence-electron chi connectivity index (χ0n) is 11.9. The highest BCUT2D eigenvalue weighted by atomic mass is 14.9. The molecule has 0 spiro atoms. The number of fused-ring (bicyclic) bond motifs is 1.